The van der Waals surface area contributed by atoms with Gasteiger partial charge in [-0.2, -0.15) is 0 Å². The summed E-state index contributed by atoms with van der Waals surface area (Å²) in [6.07, 6.45) is 3.14. The molecule has 0 saturated carbocycles. The molecule has 1 aromatic heterocycles. The Labute approximate surface area is 164 Å². The van der Waals surface area contributed by atoms with Crippen molar-refractivity contribution in [2.45, 2.75) is 19.6 Å². The van der Waals surface area contributed by atoms with Crippen LogP contribution in [0.3, 0.4) is 0 Å². The van der Waals surface area contributed by atoms with Gasteiger partial charge in [-0.1, -0.05) is 30.3 Å². The van der Waals surface area contributed by atoms with Gasteiger partial charge in [0.1, 0.15) is 5.82 Å². The van der Waals surface area contributed by atoms with Gasteiger partial charge in [0, 0.05) is 37.8 Å². The second-order valence-corrected chi connectivity index (χ2v) is 7.35. The van der Waals surface area contributed by atoms with Gasteiger partial charge in [-0.3, -0.25) is 14.7 Å². The van der Waals surface area contributed by atoms with Crippen LogP contribution in [0.1, 0.15) is 27.0 Å². The van der Waals surface area contributed by atoms with Gasteiger partial charge >= 0.3 is 0 Å². The molecule has 0 aliphatic carbocycles. The molecule has 3 aromatic rings. The van der Waals surface area contributed by atoms with Gasteiger partial charge in [-0.15, -0.1) is 0 Å². The first-order chi connectivity index (χ1) is 13.5. The van der Waals surface area contributed by atoms with Gasteiger partial charge in [0.25, 0.3) is 5.91 Å². The molecule has 0 saturated heterocycles. The van der Waals surface area contributed by atoms with Gasteiger partial charge in [0.2, 0.25) is 0 Å². The number of fused-ring (bicyclic) bond motifs is 1. The number of nitrogen functional groups attached to an aromatic ring is 1. The molecule has 2 aromatic carbocycles. The number of nitrogens with zero attached hydrogens (tertiary/aromatic N) is 4. The van der Waals surface area contributed by atoms with Crippen LogP contribution < -0.4 is 5.73 Å². The molecule has 0 atom stereocenters. The number of benzene rings is 2. The molecule has 142 valence electrons. The third-order valence-electron chi connectivity index (χ3n) is 4.98. The monoisotopic (exact) mass is 373 g/mol. The highest BCUT2D eigenvalue weighted by molar-refractivity contribution is 5.95. The smallest absolute Gasteiger partial charge is 0.253 e. The summed E-state index contributed by atoms with van der Waals surface area (Å²) in [5.74, 6) is 0.324. The molecule has 0 bridgehead atoms. The molecule has 0 spiro atoms. The largest absolute Gasteiger partial charge is 0.382 e. The summed E-state index contributed by atoms with van der Waals surface area (Å²) in [6.45, 7) is 2.52. The van der Waals surface area contributed by atoms with Crippen molar-refractivity contribution in [1.82, 2.24) is 19.8 Å². The van der Waals surface area contributed by atoms with Crippen LogP contribution in [0.4, 0.5) is 5.82 Å². The minimum absolute atomic E-state index is 0.0312. The average Bonchev–Trinajstić information content (AvgIpc) is 3.06. The third kappa shape index (κ3) is 3.73. The van der Waals surface area contributed by atoms with Crippen molar-refractivity contribution in [3.8, 4) is 11.3 Å². The zero-order valence-corrected chi connectivity index (χ0v) is 16.1. The maximum Gasteiger partial charge on any atom is 0.253 e. The summed E-state index contributed by atoms with van der Waals surface area (Å²) in [4.78, 5) is 25.3. The summed E-state index contributed by atoms with van der Waals surface area (Å²) in [7, 11) is 3.95. The van der Waals surface area contributed by atoms with Crippen molar-refractivity contribution >= 4 is 11.7 Å². The van der Waals surface area contributed by atoms with Crippen LogP contribution in [0.5, 0.6) is 0 Å². The SMILES string of the molecule is CN1Cc2ccc(CN(C)C(=O)c3cccc(-c4cncc(N)n4)c3)cc2C1. The van der Waals surface area contributed by atoms with E-state index in [0.29, 0.717) is 23.6 Å². The molecule has 2 heterocycles. The van der Waals surface area contributed by atoms with E-state index in [9.17, 15) is 4.79 Å². The van der Waals surface area contributed by atoms with Crippen molar-refractivity contribution in [3.05, 3.63) is 77.1 Å². The average molecular weight is 373 g/mol. The van der Waals surface area contributed by atoms with Gasteiger partial charge < -0.3 is 10.6 Å². The highest BCUT2D eigenvalue weighted by Crippen LogP contribution is 2.24. The number of carbonyl (C=O) groups excluding carboxylic acids is 1. The zero-order valence-electron chi connectivity index (χ0n) is 16.1. The lowest BCUT2D eigenvalue weighted by atomic mass is 10.1. The molecule has 1 aliphatic rings. The predicted octanol–water partition coefficient (Wildman–Crippen LogP) is 2.94. The molecule has 6 heteroatoms. The van der Waals surface area contributed by atoms with E-state index in [4.69, 9.17) is 5.73 Å². The number of aromatic nitrogens is 2. The fourth-order valence-corrected chi connectivity index (χ4v) is 3.61. The van der Waals surface area contributed by atoms with Crippen molar-refractivity contribution in [1.29, 1.82) is 0 Å². The lowest BCUT2D eigenvalue weighted by molar-refractivity contribution is 0.0785. The predicted molar refractivity (Wildman–Crippen MR) is 109 cm³/mol. The lowest BCUT2D eigenvalue weighted by Crippen LogP contribution is -2.26. The third-order valence-corrected chi connectivity index (χ3v) is 4.98. The van der Waals surface area contributed by atoms with Crippen LogP contribution in [0.25, 0.3) is 11.3 Å². The Morgan fingerprint density at radius 2 is 1.96 bits per heavy atom. The first-order valence-corrected chi connectivity index (χ1v) is 9.22. The first-order valence-electron chi connectivity index (χ1n) is 9.22. The van der Waals surface area contributed by atoms with Crippen molar-refractivity contribution < 1.29 is 4.79 Å². The highest BCUT2D eigenvalue weighted by Gasteiger charge is 2.17. The van der Waals surface area contributed by atoms with Crippen molar-refractivity contribution in [2.24, 2.45) is 0 Å². The normalized spacial score (nSPS) is 13.4. The molecule has 28 heavy (non-hydrogen) atoms. The van der Waals surface area contributed by atoms with Crippen LogP contribution in [0.15, 0.2) is 54.9 Å². The summed E-state index contributed by atoms with van der Waals surface area (Å²) in [5, 5.41) is 0. The van der Waals surface area contributed by atoms with Gasteiger partial charge in [-0.05, 0) is 35.9 Å². The van der Waals surface area contributed by atoms with Crippen LogP contribution >= 0.6 is 0 Å². The summed E-state index contributed by atoms with van der Waals surface area (Å²) in [5.41, 5.74) is 11.7. The Kier molecular flexibility index (Phi) is 4.79. The van der Waals surface area contributed by atoms with E-state index in [1.807, 2.05) is 31.3 Å². The van der Waals surface area contributed by atoms with Crippen LogP contribution in [0.2, 0.25) is 0 Å². The second-order valence-electron chi connectivity index (χ2n) is 7.35. The molecule has 0 radical (unpaired) electrons. The molecule has 6 nitrogen and oxygen atoms in total. The topological polar surface area (TPSA) is 75.3 Å². The quantitative estimate of drug-likeness (QED) is 0.761. The Morgan fingerprint density at radius 3 is 2.79 bits per heavy atom. The molecular weight excluding hydrogens is 350 g/mol. The molecule has 4 rings (SSSR count). The van der Waals surface area contributed by atoms with Crippen LogP contribution in [-0.2, 0) is 19.6 Å². The number of anilines is 1. The minimum Gasteiger partial charge on any atom is -0.382 e. The summed E-state index contributed by atoms with van der Waals surface area (Å²) < 4.78 is 0. The minimum atomic E-state index is -0.0312. The van der Waals surface area contributed by atoms with Crippen LogP contribution in [-0.4, -0.2) is 39.8 Å². The number of nitrogens with two attached hydrogens (primary N) is 1. The standard InChI is InChI=1S/C22H23N5O/c1-26-13-18-7-6-15(8-19(18)14-26)12-27(2)22(28)17-5-3-4-16(9-17)20-10-24-11-21(23)25-20/h3-11H,12-14H2,1-2H3,(H2,23,25). The zero-order chi connectivity index (χ0) is 19.7. The van der Waals surface area contributed by atoms with Crippen LogP contribution in [0, 0.1) is 0 Å². The maximum absolute atomic E-state index is 12.9. The van der Waals surface area contributed by atoms with Crippen molar-refractivity contribution in [2.75, 3.05) is 19.8 Å². The maximum atomic E-state index is 12.9. The first kappa shape index (κ1) is 18.1. The Balaban J connectivity index is 1.51. The van der Waals surface area contributed by atoms with Crippen molar-refractivity contribution in [3.63, 3.8) is 0 Å². The second kappa shape index (κ2) is 7.40. The Hall–Kier alpha value is -3.25. The number of hydrogen-bond acceptors (Lipinski definition) is 5. The van der Waals surface area contributed by atoms with E-state index in [1.165, 1.54) is 17.3 Å². The van der Waals surface area contributed by atoms with E-state index < -0.39 is 0 Å². The fraction of sp³-hybridized carbons (Fsp3) is 0.227. The molecule has 0 fully saturated rings. The van der Waals surface area contributed by atoms with Gasteiger partial charge in [0.05, 0.1) is 18.1 Å². The molecule has 2 N–H and O–H groups in total. The highest BCUT2D eigenvalue weighted by atomic mass is 16.2. The number of rotatable bonds is 4. The Bertz CT molecular complexity index is 1030. The van der Waals surface area contributed by atoms with E-state index in [2.05, 4.69) is 40.1 Å². The van der Waals surface area contributed by atoms with E-state index in [0.717, 1.165) is 24.2 Å². The lowest BCUT2D eigenvalue weighted by Gasteiger charge is -2.18. The van der Waals surface area contributed by atoms with Gasteiger partial charge in [0.15, 0.2) is 0 Å². The molecular formula is C22H23N5O. The van der Waals surface area contributed by atoms with Gasteiger partial charge in [-0.25, -0.2) is 4.98 Å². The van der Waals surface area contributed by atoms with E-state index in [1.54, 1.807) is 11.1 Å². The van der Waals surface area contributed by atoms with E-state index >= 15 is 0 Å². The fourth-order valence-electron chi connectivity index (χ4n) is 3.61. The Morgan fingerprint density at radius 1 is 1.14 bits per heavy atom. The van der Waals surface area contributed by atoms with E-state index in [-0.39, 0.29) is 5.91 Å². The number of hydrogen-bond donors (Lipinski definition) is 1. The number of amides is 1. The number of carbonyl (C=O) groups is 1. The summed E-state index contributed by atoms with van der Waals surface area (Å²) >= 11 is 0. The molecule has 1 aliphatic heterocycles. The summed E-state index contributed by atoms with van der Waals surface area (Å²) in [6, 6.07) is 13.9. The molecule has 0 unspecified atom stereocenters. The molecule has 1 amide bonds.